The molecule has 1 fully saturated rings. The Hall–Kier alpha value is -0.330. The fourth-order valence-corrected chi connectivity index (χ4v) is 3.51. The van der Waals surface area contributed by atoms with Gasteiger partial charge in [-0.25, -0.2) is 4.98 Å². The summed E-state index contributed by atoms with van der Waals surface area (Å²) in [4.78, 5) is 7.05. The molecule has 0 spiro atoms. The smallest absolute Gasteiger partial charge is 0.202 e. The molecule has 0 aliphatic carbocycles. The molecule has 4 nitrogen and oxygen atoms in total. The molecule has 1 aromatic heterocycles. The van der Waals surface area contributed by atoms with E-state index in [0.717, 1.165) is 24.0 Å². The summed E-state index contributed by atoms with van der Waals surface area (Å²) < 4.78 is 4.40. The molecule has 1 aliphatic heterocycles. The summed E-state index contributed by atoms with van der Waals surface area (Å²) in [5.41, 5.74) is 0.0422. The Labute approximate surface area is 118 Å². The fraction of sp³-hybridized carbons (Fsp3) is 0.833. The van der Waals surface area contributed by atoms with Crippen molar-refractivity contribution in [2.45, 2.75) is 26.2 Å². The lowest BCUT2D eigenvalue weighted by molar-refractivity contribution is 0.314. The lowest BCUT2D eigenvalue weighted by Crippen LogP contribution is -2.36. The summed E-state index contributed by atoms with van der Waals surface area (Å²) >= 11 is 3.52. The molecule has 1 aliphatic rings. The standard InChI is InChI=1S/C12H22N4S2/c1-12(2,3)10-14-11(18-15-10)13-4-5-16-6-8-17-9-7-16/h4-9H2,1-3H3,(H,13,14,15). The number of nitrogens with zero attached hydrogens (tertiary/aromatic N) is 3. The van der Waals surface area contributed by atoms with Gasteiger partial charge in [0.2, 0.25) is 5.13 Å². The van der Waals surface area contributed by atoms with Crippen LogP contribution < -0.4 is 5.32 Å². The lowest BCUT2D eigenvalue weighted by Gasteiger charge is -2.25. The van der Waals surface area contributed by atoms with Crippen molar-refractivity contribution in [1.29, 1.82) is 0 Å². The molecule has 102 valence electrons. The Morgan fingerprint density at radius 3 is 2.61 bits per heavy atom. The van der Waals surface area contributed by atoms with Crippen molar-refractivity contribution in [2.75, 3.05) is 43.0 Å². The van der Waals surface area contributed by atoms with E-state index < -0.39 is 0 Å². The third-order valence-electron chi connectivity index (χ3n) is 2.90. The van der Waals surface area contributed by atoms with Gasteiger partial charge < -0.3 is 5.32 Å². The van der Waals surface area contributed by atoms with Crippen LogP contribution in [0.4, 0.5) is 5.13 Å². The summed E-state index contributed by atoms with van der Waals surface area (Å²) in [6.07, 6.45) is 0. The molecule has 0 bridgehead atoms. The van der Waals surface area contributed by atoms with Crippen molar-refractivity contribution in [2.24, 2.45) is 0 Å². The molecule has 1 aromatic rings. The zero-order chi connectivity index (χ0) is 13.0. The van der Waals surface area contributed by atoms with E-state index in [1.165, 1.54) is 36.1 Å². The summed E-state index contributed by atoms with van der Waals surface area (Å²) in [5.74, 6) is 3.48. The SMILES string of the molecule is CC(C)(C)c1nsc(NCCN2CCSCC2)n1. The number of aromatic nitrogens is 2. The lowest BCUT2D eigenvalue weighted by atomic mass is 9.96. The van der Waals surface area contributed by atoms with E-state index in [2.05, 4.69) is 52.1 Å². The first-order valence-corrected chi connectivity index (χ1v) is 8.37. The Bertz CT molecular complexity index is 366. The van der Waals surface area contributed by atoms with Gasteiger partial charge in [0.15, 0.2) is 0 Å². The minimum Gasteiger partial charge on any atom is -0.359 e. The highest BCUT2D eigenvalue weighted by atomic mass is 32.2. The molecule has 18 heavy (non-hydrogen) atoms. The Morgan fingerprint density at radius 2 is 2.00 bits per heavy atom. The van der Waals surface area contributed by atoms with Crippen LogP contribution in [-0.4, -0.2) is 51.9 Å². The van der Waals surface area contributed by atoms with Crippen LogP contribution >= 0.6 is 23.3 Å². The van der Waals surface area contributed by atoms with E-state index in [9.17, 15) is 0 Å². The van der Waals surface area contributed by atoms with E-state index in [-0.39, 0.29) is 5.41 Å². The van der Waals surface area contributed by atoms with Gasteiger partial charge in [-0.05, 0) is 0 Å². The van der Waals surface area contributed by atoms with Gasteiger partial charge in [0.05, 0.1) is 0 Å². The maximum Gasteiger partial charge on any atom is 0.202 e. The molecule has 0 saturated carbocycles. The summed E-state index contributed by atoms with van der Waals surface area (Å²) in [7, 11) is 0. The molecule has 2 heterocycles. The van der Waals surface area contributed by atoms with Crippen molar-refractivity contribution < 1.29 is 0 Å². The average molecular weight is 286 g/mol. The largest absolute Gasteiger partial charge is 0.359 e. The van der Waals surface area contributed by atoms with Gasteiger partial charge >= 0.3 is 0 Å². The second-order valence-electron chi connectivity index (χ2n) is 5.55. The average Bonchev–Trinajstić information content (AvgIpc) is 2.79. The van der Waals surface area contributed by atoms with Crippen molar-refractivity contribution in [3.63, 3.8) is 0 Å². The molecular weight excluding hydrogens is 264 g/mol. The van der Waals surface area contributed by atoms with Crippen molar-refractivity contribution >= 4 is 28.4 Å². The first-order chi connectivity index (χ1) is 8.55. The zero-order valence-electron chi connectivity index (χ0n) is 11.4. The number of thioether (sulfide) groups is 1. The minimum atomic E-state index is 0.0422. The van der Waals surface area contributed by atoms with Gasteiger partial charge in [0.25, 0.3) is 0 Å². The fourth-order valence-electron chi connectivity index (χ4n) is 1.75. The van der Waals surface area contributed by atoms with E-state index in [0.29, 0.717) is 0 Å². The summed E-state index contributed by atoms with van der Waals surface area (Å²) in [6, 6.07) is 0. The topological polar surface area (TPSA) is 41.1 Å². The van der Waals surface area contributed by atoms with Crippen molar-refractivity contribution in [1.82, 2.24) is 14.3 Å². The predicted octanol–water partition coefficient (Wildman–Crippen LogP) is 2.30. The molecule has 0 radical (unpaired) electrons. The van der Waals surface area contributed by atoms with Gasteiger partial charge in [-0.15, -0.1) is 0 Å². The molecule has 0 aromatic carbocycles. The third kappa shape index (κ3) is 4.10. The normalized spacial score (nSPS) is 17.9. The zero-order valence-corrected chi connectivity index (χ0v) is 13.0. The molecule has 1 N–H and O–H groups in total. The Morgan fingerprint density at radius 1 is 1.28 bits per heavy atom. The number of hydrogen-bond donors (Lipinski definition) is 1. The Kier molecular flexibility index (Phi) is 4.86. The van der Waals surface area contributed by atoms with E-state index in [1.807, 2.05) is 0 Å². The molecule has 0 atom stereocenters. The van der Waals surface area contributed by atoms with Gasteiger partial charge in [0.1, 0.15) is 5.82 Å². The van der Waals surface area contributed by atoms with Crippen LogP contribution in [0, 0.1) is 0 Å². The highest BCUT2D eigenvalue weighted by Crippen LogP contribution is 2.22. The molecule has 0 unspecified atom stereocenters. The Balaban J connectivity index is 1.74. The first-order valence-electron chi connectivity index (χ1n) is 6.44. The summed E-state index contributed by atoms with van der Waals surface area (Å²) in [5, 5.41) is 4.33. The third-order valence-corrected chi connectivity index (χ3v) is 4.52. The molecule has 0 amide bonds. The molecular formula is C12H22N4S2. The maximum atomic E-state index is 4.54. The number of rotatable bonds is 4. The summed E-state index contributed by atoms with van der Waals surface area (Å²) in [6.45, 7) is 10.9. The van der Waals surface area contributed by atoms with E-state index in [4.69, 9.17) is 0 Å². The second kappa shape index (κ2) is 6.21. The van der Waals surface area contributed by atoms with Crippen molar-refractivity contribution in [3.05, 3.63) is 5.82 Å². The van der Waals surface area contributed by atoms with Gasteiger partial charge in [-0.1, -0.05) is 20.8 Å². The second-order valence-corrected chi connectivity index (χ2v) is 7.53. The number of nitrogens with one attached hydrogen (secondary N) is 1. The highest BCUT2D eigenvalue weighted by molar-refractivity contribution is 7.99. The van der Waals surface area contributed by atoms with Crippen molar-refractivity contribution in [3.8, 4) is 0 Å². The van der Waals surface area contributed by atoms with Gasteiger partial charge in [-0.2, -0.15) is 16.1 Å². The molecule has 2 rings (SSSR count). The maximum absolute atomic E-state index is 4.54. The van der Waals surface area contributed by atoms with E-state index >= 15 is 0 Å². The number of anilines is 1. The first kappa shape index (κ1) is 14.1. The van der Waals surface area contributed by atoms with Crippen LogP contribution in [0.25, 0.3) is 0 Å². The predicted molar refractivity (Wildman–Crippen MR) is 80.9 cm³/mol. The van der Waals surface area contributed by atoms with Crippen LogP contribution in [0.15, 0.2) is 0 Å². The quantitative estimate of drug-likeness (QED) is 0.920. The van der Waals surface area contributed by atoms with Crippen LogP contribution in [-0.2, 0) is 5.41 Å². The molecule has 1 saturated heterocycles. The van der Waals surface area contributed by atoms with Crippen LogP contribution in [0.3, 0.4) is 0 Å². The highest BCUT2D eigenvalue weighted by Gasteiger charge is 2.19. The van der Waals surface area contributed by atoms with E-state index in [1.54, 1.807) is 0 Å². The molecule has 6 heteroatoms. The number of hydrogen-bond acceptors (Lipinski definition) is 6. The van der Waals surface area contributed by atoms with Crippen LogP contribution in [0.5, 0.6) is 0 Å². The van der Waals surface area contributed by atoms with Gasteiger partial charge in [0, 0.05) is 54.6 Å². The van der Waals surface area contributed by atoms with Crippen LogP contribution in [0.2, 0.25) is 0 Å². The minimum absolute atomic E-state index is 0.0422. The van der Waals surface area contributed by atoms with Crippen LogP contribution in [0.1, 0.15) is 26.6 Å². The monoisotopic (exact) mass is 286 g/mol. The van der Waals surface area contributed by atoms with Gasteiger partial charge in [-0.3, -0.25) is 4.90 Å².